The van der Waals surface area contributed by atoms with Gasteiger partial charge in [-0.2, -0.15) is 5.10 Å². The molecule has 2 aromatic heterocycles. The smallest absolute Gasteiger partial charge is 0.360 e. The Morgan fingerprint density at radius 2 is 1.88 bits per heavy atom. The fraction of sp³-hybridized carbons (Fsp3) is 0.333. The summed E-state index contributed by atoms with van der Waals surface area (Å²) in [5.41, 5.74) is 3.67. The van der Waals surface area contributed by atoms with E-state index in [1.165, 1.54) is 0 Å². The molecule has 0 amide bonds. The third kappa shape index (κ3) is 3.11. The van der Waals surface area contributed by atoms with Gasteiger partial charge in [0, 0.05) is 7.11 Å². The van der Waals surface area contributed by atoms with Gasteiger partial charge >= 0.3 is 5.97 Å². The zero-order valence-corrected chi connectivity index (χ0v) is 15.1. The van der Waals surface area contributed by atoms with Crippen LogP contribution in [0.5, 0.6) is 5.75 Å². The second kappa shape index (κ2) is 7.49. The minimum Gasteiger partial charge on any atom is -0.497 e. The molecule has 0 aliphatic carbocycles. The van der Waals surface area contributed by atoms with Gasteiger partial charge in [-0.3, -0.25) is 0 Å². The molecular formula is C18H20N4O4. The Balaban J connectivity index is 2.19. The van der Waals surface area contributed by atoms with Crippen molar-refractivity contribution in [1.29, 1.82) is 0 Å². The van der Waals surface area contributed by atoms with E-state index in [4.69, 9.17) is 14.2 Å². The highest BCUT2D eigenvalue weighted by molar-refractivity contribution is 5.89. The van der Waals surface area contributed by atoms with Crippen molar-refractivity contribution in [2.75, 3.05) is 20.8 Å². The van der Waals surface area contributed by atoms with E-state index in [-0.39, 0.29) is 12.3 Å². The maximum absolute atomic E-state index is 12.1. The fourth-order valence-corrected chi connectivity index (χ4v) is 2.73. The summed E-state index contributed by atoms with van der Waals surface area (Å²) >= 11 is 0. The van der Waals surface area contributed by atoms with Gasteiger partial charge in [-0.15, -0.1) is 10.2 Å². The van der Waals surface area contributed by atoms with Gasteiger partial charge in [-0.1, -0.05) is 12.1 Å². The zero-order chi connectivity index (χ0) is 18.7. The molecule has 26 heavy (non-hydrogen) atoms. The van der Waals surface area contributed by atoms with Crippen LogP contribution in [0.2, 0.25) is 0 Å². The second-order valence-electron chi connectivity index (χ2n) is 5.57. The molecule has 8 heteroatoms. The summed E-state index contributed by atoms with van der Waals surface area (Å²) in [6.07, 6.45) is 0. The molecule has 8 nitrogen and oxygen atoms in total. The molecule has 0 unspecified atom stereocenters. The number of aromatic nitrogens is 4. The molecule has 0 aliphatic rings. The average Bonchev–Trinajstić information content (AvgIpc) is 3.01. The highest BCUT2D eigenvalue weighted by Crippen LogP contribution is 2.30. The molecule has 0 N–H and O–H groups in total. The minimum atomic E-state index is -0.519. The van der Waals surface area contributed by atoms with Crippen LogP contribution >= 0.6 is 0 Å². The maximum atomic E-state index is 12.1. The van der Waals surface area contributed by atoms with Crippen molar-refractivity contribution in [3.8, 4) is 16.9 Å². The summed E-state index contributed by atoms with van der Waals surface area (Å²) in [6, 6.07) is 7.57. The molecule has 1 aromatic carbocycles. The lowest BCUT2D eigenvalue weighted by molar-refractivity contribution is 0.0516. The number of nitrogens with zero attached hydrogens (tertiary/aromatic N) is 4. The molecule has 0 radical (unpaired) electrons. The van der Waals surface area contributed by atoms with Gasteiger partial charge in [-0.25, -0.2) is 9.31 Å². The van der Waals surface area contributed by atoms with Gasteiger partial charge in [0.2, 0.25) is 0 Å². The summed E-state index contributed by atoms with van der Waals surface area (Å²) in [7, 11) is 3.22. The highest BCUT2D eigenvalue weighted by Gasteiger charge is 2.22. The van der Waals surface area contributed by atoms with E-state index >= 15 is 0 Å². The molecule has 3 rings (SSSR count). The van der Waals surface area contributed by atoms with E-state index in [1.54, 1.807) is 32.6 Å². The Labute approximate surface area is 150 Å². The fourth-order valence-electron chi connectivity index (χ4n) is 2.73. The van der Waals surface area contributed by atoms with Crippen molar-refractivity contribution in [1.82, 2.24) is 19.8 Å². The molecule has 0 saturated heterocycles. The number of hydrogen-bond acceptors (Lipinski definition) is 7. The second-order valence-corrected chi connectivity index (χ2v) is 5.57. The van der Waals surface area contributed by atoms with Gasteiger partial charge in [-0.05, 0) is 31.5 Å². The number of hydrogen-bond donors (Lipinski definition) is 0. The Morgan fingerprint density at radius 3 is 2.50 bits per heavy atom. The van der Waals surface area contributed by atoms with Crippen LogP contribution in [-0.2, 0) is 16.1 Å². The summed E-state index contributed by atoms with van der Waals surface area (Å²) in [6.45, 7) is 4.07. The maximum Gasteiger partial charge on any atom is 0.360 e. The molecule has 0 spiro atoms. The van der Waals surface area contributed by atoms with Crippen LogP contribution < -0.4 is 4.74 Å². The number of benzene rings is 1. The molecule has 0 aliphatic heterocycles. The number of carbonyl (C=O) groups excluding carboxylic acids is 1. The van der Waals surface area contributed by atoms with E-state index in [1.807, 2.05) is 24.3 Å². The first-order chi connectivity index (χ1) is 12.6. The third-order valence-corrected chi connectivity index (χ3v) is 3.97. The molecular weight excluding hydrogens is 336 g/mol. The van der Waals surface area contributed by atoms with E-state index < -0.39 is 5.97 Å². The van der Waals surface area contributed by atoms with Gasteiger partial charge in [0.05, 0.1) is 37.3 Å². The molecule has 0 fully saturated rings. The first kappa shape index (κ1) is 17.8. The summed E-state index contributed by atoms with van der Waals surface area (Å²) in [5, 5.41) is 12.9. The van der Waals surface area contributed by atoms with Crippen molar-refractivity contribution >= 4 is 11.6 Å². The van der Waals surface area contributed by atoms with Crippen LogP contribution in [0, 0.1) is 6.92 Å². The monoisotopic (exact) mass is 356 g/mol. The zero-order valence-electron chi connectivity index (χ0n) is 15.1. The first-order valence-corrected chi connectivity index (χ1v) is 8.16. The Morgan fingerprint density at radius 1 is 1.15 bits per heavy atom. The molecule has 3 aromatic rings. The van der Waals surface area contributed by atoms with Crippen LogP contribution in [0.4, 0.5) is 0 Å². The van der Waals surface area contributed by atoms with Crippen molar-refractivity contribution < 1.29 is 19.0 Å². The lowest BCUT2D eigenvalue weighted by atomic mass is 10.1. The summed E-state index contributed by atoms with van der Waals surface area (Å²) in [5.74, 6) is 0.236. The largest absolute Gasteiger partial charge is 0.497 e. The quantitative estimate of drug-likeness (QED) is 0.627. The number of ether oxygens (including phenoxy) is 3. The standard InChI is InChI=1S/C18H20N4O4/c1-5-26-18(23)16-11(2)22-17(20-19-16)15(14(21-22)10-24-3)12-6-8-13(25-4)9-7-12/h6-9H,5,10H2,1-4H3. The number of carbonyl (C=O) groups is 1. The number of rotatable bonds is 6. The van der Waals surface area contributed by atoms with Gasteiger partial charge < -0.3 is 14.2 Å². The Bertz CT molecular complexity index is 935. The molecule has 136 valence electrons. The van der Waals surface area contributed by atoms with Crippen molar-refractivity contribution in [2.45, 2.75) is 20.5 Å². The molecule has 2 heterocycles. The number of methoxy groups -OCH3 is 2. The first-order valence-electron chi connectivity index (χ1n) is 8.16. The van der Waals surface area contributed by atoms with Crippen LogP contribution in [0.15, 0.2) is 24.3 Å². The number of fused-ring (bicyclic) bond motifs is 1. The predicted octanol–water partition coefficient (Wildman–Crippen LogP) is 2.43. The van der Waals surface area contributed by atoms with E-state index in [0.717, 1.165) is 16.9 Å². The Kier molecular flexibility index (Phi) is 5.13. The van der Waals surface area contributed by atoms with Crippen LogP contribution in [0.1, 0.15) is 28.8 Å². The lowest BCUT2D eigenvalue weighted by Gasteiger charge is -2.06. The van der Waals surface area contributed by atoms with E-state index in [9.17, 15) is 4.79 Å². The topological polar surface area (TPSA) is 87.8 Å². The van der Waals surface area contributed by atoms with Gasteiger partial charge in [0.15, 0.2) is 11.3 Å². The SMILES string of the molecule is CCOC(=O)c1nnc2c(-c3ccc(OC)cc3)c(COC)nn2c1C. The molecule has 0 bridgehead atoms. The third-order valence-electron chi connectivity index (χ3n) is 3.97. The highest BCUT2D eigenvalue weighted by atomic mass is 16.5. The Hall–Kier alpha value is -3.00. The normalized spacial score (nSPS) is 10.9. The van der Waals surface area contributed by atoms with Crippen molar-refractivity contribution in [3.63, 3.8) is 0 Å². The van der Waals surface area contributed by atoms with Gasteiger partial charge in [0.25, 0.3) is 0 Å². The minimum absolute atomic E-state index is 0.145. The number of esters is 1. The molecule has 0 saturated carbocycles. The van der Waals surface area contributed by atoms with Crippen molar-refractivity contribution in [3.05, 3.63) is 41.3 Å². The average molecular weight is 356 g/mol. The predicted molar refractivity (Wildman–Crippen MR) is 94.2 cm³/mol. The summed E-state index contributed by atoms with van der Waals surface area (Å²) < 4.78 is 17.1. The molecule has 0 atom stereocenters. The number of aryl methyl sites for hydroxylation is 1. The van der Waals surface area contributed by atoms with Gasteiger partial charge in [0.1, 0.15) is 5.75 Å². The lowest BCUT2D eigenvalue weighted by Crippen LogP contribution is -2.14. The van der Waals surface area contributed by atoms with Crippen LogP contribution in [-0.4, -0.2) is 46.6 Å². The summed E-state index contributed by atoms with van der Waals surface area (Å²) in [4.78, 5) is 12.1. The van der Waals surface area contributed by atoms with Crippen LogP contribution in [0.25, 0.3) is 16.8 Å². The van der Waals surface area contributed by atoms with E-state index in [0.29, 0.717) is 23.6 Å². The van der Waals surface area contributed by atoms with E-state index in [2.05, 4.69) is 15.3 Å². The van der Waals surface area contributed by atoms with Crippen LogP contribution in [0.3, 0.4) is 0 Å². The van der Waals surface area contributed by atoms with Crippen molar-refractivity contribution in [2.24, 2.45) is 0 Å².